The van der Waals surface area contributed by atoms with Crippen LogP contribution in [0.25, 0.3) is 22.4 Å². The minimum Gasteiger partial charge on any atom is -0.497 e. The third-order valence-electron chi connectivity index (χ3n) is 4.07. The molecule has 0 saturated heterocycles. The van der Waals surface area contributed by atoms with Gasteiger partial charge in [0.25, 0.3) is 5.56 Å². The van der Waals surface area contributed by atoms with Crippen LogP contribution < -0.4 is 20.8 Å². The van der Waals surface area contributed by atoms with Gasteiger partial charge >= 0.3 is 0 Å². The zero-order valence-corrected chi connectivity index (χ0v) is 14.4. The Hall–Kier alpha value is -3.72. The molecule has 0 aliphatic heterocycles. The van der Waals surface area contributed by atoms with Gasteiger partial charge in [-0.2, -0.15) is 5.26 Å². The summed E-state index contributed by atoms with van der Waals surface area (Å²) in [6, 6.07) is 16.1. The molecule has 0 aliphatic carbocycles. The highest BCUT2D eigenvalue weighted by molar-refractivity contribution is 5.79. The molecule has 0 fully saturated rings. The Morgan fingerprint density at radius 3 is 2.35 bits per heavy atom. The van der Waals surface area contributed by atoms with Gasteiger partial charge in [0.05, 0.1) is 14.2 Å². The van der Waals surface area contributed by atoms with Gasteiger partial charge < -0.3 is 20.2 Å². The third kappa shape index (κ3) is 3.10. The van der Waals surface area contributed by atoms with Gasteiger partial charge in [-0.3, -0.25) is 4.79 Å². The summed E-state index contributed by atoms with van der Waals surface area (Å²) >= 11 is 0. The van der Waals surface area contributed by atoms with E-state index in [1.54, 1.807) is 43.5 Å². The van der Waals surface area contributed by atoms with Crippen molar-refractivity contribution in [1.82, 2.24) is 4.98 Å². The molecule has 6 heteroatoms. The molecule has 0 spiro atoms. The number of hydrogen-bond acceptors (Lipinski definition) is 5. The Kier molecular flexibility index (Phi) is 4.63. The molecule has 1 aromatic heterocycles. The van der Waals surface area contributed by atoms with Crippen molar-refractivity contribution in [1.29, 1.82) is 5.26 Å². The Balaban J connectivity index is 2.25. The number of anilines is 1. The summed E-state index contributed by atoms with van der Waals surface area (Å²) in [5, 5.41) is 9.47. The highest BCUT2D eigenvalue weighted by atomic mass is 16.5. The van der Waals surface area contributed by atoms with Crippen molar-refractivity contribution < 1.29 is 9.47 Å². The van der Waals surface area contributed by atoms with E-state index in [0.29, 0.717) is 34.0 Å². The summed E-state index contributed by atoms with van der Waals surface area (Å²) < 4.78 is 10.6. The molecule has 2 aromatic carbocycles. The van der Waals surface area contributed by atoms with Gasteiger partial charge in [-0.15, -0.1) is 0 Å². The van der Waals surface area contributed by atoms with E-state index < -0.39 is 5.56 Å². The average Bonchev–Trinajstić information content (AvgIpc) is 2.67. The third-order valence-corrected chi connectivity index (χ3v) is 4.07. The highest BCUT2D eigenvalue weighted by Gasteiger charge is 2.16. The number of methoxy groups -OCH3 is 2. The minimum atomic E-state index is -0.463. The lowest BCUT2D eigenvalue weighted by Gasteiger charge is -2.13. The first-order valence-corrected chi connectivity index (χ1v) is 7.83. The number of nitrogens with two attached hydrogens (primary N) is 1. The molecular formula is C20H17N3O3. The molecule has 1 heterocycles. The lowest BCUT2D eigenvalue weighted by Crippen LogP contribution is -2.13. The molecule has 0 bridgehead atoms. The van der Waals surface area contributed by atoms with Crippen molar-refractivity contribution in [3.05, 3.63) is 64.4 Å². The molecule has 130 valence electrons. The van der Waals surface area contributed by atoms with Crippen LogP contribution in [0.1, 0.15) is 5.56 Å². The smallest absolute Gasteiger partial charge is 0.266 e. The molecule has 0 radical (unpaired) electrons. The number of hydrogen-bond donors (Lipinski definition) is 2. The number of rotatable bonds is 4. The zero-order chi connectivity index (χ0) is 18.7. The number of benzene rings is 2. The van der Waals surface area contributed by atoms with Crippen LogP contribution in [-0.2, 0) is 0 Å². The second kappa shape index (κ2) is 7.03. The van der Waals surface area contributed by atoms with Gasteiger partial charge in [-0.25, -0.2) is 0 Å². The number of nitrogen functional groups attached to an aromatic ring is 1. The Labute approximate surface area is 150 Å². The molecule has 0 amide bonds. The largest absolute Gasteiger partial charge is 0.497 e. The first-order valence-electron chi connectivity index (χ1n) is 7.83. The summed E-state index contributed by atoms with van der Waals surface area (Å²) in [7, 11) is 3.08. The van der Waals surface area contributed by atoms with Crippen molar-refractivity contribution in [3.63, 3.8) is 0 Å². The fourth-order valence-electron chi connectivity index (χ4n) is 2.72. The lowest BCUT2D eigenvalue weighted by molar-refractivity contribution is 0.395. The van der Waals surface area contributed by atoms with E-state index in [1.807, 2.05) is 18.2 Å². The number of ether oxygens (including phenoxy) is 2. The van der Waals surface area contributed by atoms with E-state index in [9.17, 15) is 10.1 Å². The number of pyridine rings is 1. The second-order valence-electron chi connectivity index (χ2n) is 5.60. The van der Waals surface area contributed by atoms with Crippen LogP contribution in [0.15, 0.2) is 53.3 Å². The maximum Gasteiger partial charge on any atom is 0.266 e. The van der Waals surface area contributed by atoms with Gasteiger partial charge in [0.1, 0.15) is 23.1 Å². The molecule has 3 aromatic rings. The van der Waals surface area contributed by atoms with Gasteiger partial charge in [0.15, 0.2) is 0 Å². The predicted molar refractivity (Wildman–Crippen MR) is 100 cm³/mol. The van der Waals surface area contributed by atoms with E-state index in [1.165, 1.54) is 7.11 Å². The van der Waals surface area contributed by atoms with E-state index in [4.69, 9.17) is 15.2 Å². The molecular weight excluding hydrogens is 330 g/mol. The molecule has 0 unspecified atom stereocenters. The minimum absolute atomic E-state index is 0.0210. The number of aromatic nitrogens is 1. The SMILES string of the molecule is COc1ccc(-c2cc(-c3ccc(N)cc3)[nH]c(=O)c2C#N)c(OC)c1. The standard InChI is InChI=1S/C20H17N3O3/c1-25-14-7-8-15(19(9-14)26-2)16-10-18(23-20(24)17(16)11-21)12-3-5-13(22)6-4-12/h3-10H,22H2,1-2H3,(H,23,24). The summed E-state index contributed by atoms with van der Waals surface area (Å²) in [6.07, 6.45) is 0. The first kappa shape index (κ1) is 17.1. The van der Waals surface area contributed by atoms with E-state index in [-0.39, 0.29) is 5.56 Å². The Bertz CT molecular complexity index is 1050. The molecule has 3 N–H and O–H groups in total. The monoisotopic (exact) mass is 347 g/mol. The van der Waals surface area contributed by atoms with Crippen LogP contribution in [0.3, 0.4) is 0 Å². The summed E-state index contributed by atoms with van der Waals surface area (Å²) in [6.45, 7) is 0. The molecule has 3 rings (SSSR count). The number of nitrogens with zero attached hydrogens (tertiary/aromatic N) is 1. The molecule has 0 saturated carbocycles. The van der Waals surface area contributed by atoms with Crippen molar-refractivity contribution >= 4 is 5.69 Å². The number of nitrogens with one attached hydrogen (secondary N) is 1. The van der Waals surface area contributed by atoms with E-state index in [2.05, 4.69) is 4.98 Å². The predicted octanol–water partition coefficient (Wildman–Crippen LogP) is 3.18. The normalized spacial score (nSPS) is 10.2. The van der Waals surface area contributed by atoms with Crippen molar-refractivity contribution in [2.24, 2.45) is 0 Å². The Morgan fingerprint density at radius 1 is 1.00 bits per heavy atom. The summed E-state index contributed by atoms with van der Waals surface area (Å²) in [5.74, 6) is 1.13. The van der Waals surface area contributed by atoms with Gasteiger partial charge in [-0.05, 0) is 35.9 Å². The topological polar surface area (TPSA) is 101 Å². The van der Waals surface area contributed by atoms with E-state index in [0.717, 1.165) is 5.56 Å². The van der Waals surface area contributed by atoms with Crippen LogP contribution in [0.2, 0.25) is 0 Å². The van der Waals surface area contributed by atoms with Crippen LogP contribution in [0, 0.1) is 11.3 Å². The van der Waals surface area contributed by atoms with Crippen molar-refractivity contribution in [2.75, 3.05) is 20.0 Å². The second-order valence-corrected chi connectivity index (χ2v) is 5.60. The average molecular weight is 347 g/mol. The quantitative estimate of drug-likeness (QED) is 0.706. The number of H-pyrrole nitrogens is 1. The van der Waals surface area contributed by atoms with Crippen LogP contribution in [-0.4, -0.2) is 19.2 Å². The highest BCUT2D eigenvalue weighted by Crippen LogP contribution is 2.35. The van der Waals surface area contributed by atoms with Crippen LogP contribution in [0.4, 0.5) is 5.69 Å². The van der Waals surface area contributed by atoms with Gasteiger partial charge in [0.2, 0.25) is 0 Å². The molecule has 6 nitrogen and oxygen atoms in total. The number of nitriles is 1. The maximum absolute atomic E-state index is 12.5. The summed E-state index contributed by atoms with van der Waals surface area (Å²) in [4.78, 5) is 15.2. The fourth-order valence-corrected chi connectivity index (χ4v) is 2.72. The zero-order valence-electron chi connectivity index (χ0n) is 14.4. The maximum atomic E-state index is 12.5. The van der Waals surface area contributed by atoms with Crippen LogP contribution >= 0.6 is 0 Å². The summed E-state index contributed by atoms with van der Waals surface area (Å²) in [5.41, 5.74) is 8.40. The van der Waals surface area contributed by atoms with Gasteiger partial charge in [0, 0.05) is 28.6 Å². The fraction of sp³-hybridized carbons (Fsp3) is 0.100. The van der Waals surface area contributed by atoms with Gasteiger partial charge in [-0.1, -0.05) is 12.1 Å². The molecule has 26 heavy (non-hydrogen) atoms. The van der Waals surface area contributed by atoms with E-state index >= 15 is 0 Å². The number of aromatic amines is 1. The van der Waals surface area contributed by atoms with Crippen LogP contribution in [0.5, 0.6) is 11.5 Å². The molecule has 0 atom stereocenters. The van der Waals surface area contributed by atoms with Crippen molar-refractivity contribution in [3.8, 4) is 40.0 Å². The molecule has 0 aliphatic rings. The lowest BCUT2D eigenvalue weighted by atomic mass is 9.98. The first-order chi connectivity index (χ1) is 12.6. The Morgan fingerprint density at radius 2 is 1.73 bits per heavy atom. The van der Waals surface area contributed by atoms with Crippen molar-refractivity contribution in [2.45, 2.75) is 0 Å².